The molecule has 17 heteroatoms. The van der Waals surface area contributed by atoms with Gasteiger partial charge in [-0.15, -0.1) is 0 Å². The van der Waals surface area contributed by atoms with Crippen molar-refractivity contribution in [1.82, 2.24) is 0 Å². The lowest BCUT2D eigenvalue weighted by Crippen LogP contribution is -2.41. The Kier molecular flexibility index (Phi) is 28.3. The molecule has 0 amide bonds. The molecule has 53 heavy (non-hydrogen) atoms. The number of ether oxygens (including phenoxy) is 11. The molecule has 0 saturated carbocycles. The fourth-order valence-electron chi connectivity index (χ4n) is 4.08. The molecular formula is C36H69BN2O14. The summed E-state index contributed by atoms with van der Waals surface area (Å²) in [5.41, 5.74) is 5.09. The first-order valence-electron chi connectivity index (χ1n) is 18.6. The minimum atomic E-state index is -0.539. The van der Waals surface area contributed by atoms with Crippen molar-refractivity contribution < 1.29 is 66.2 Å². The summed E-state index contributed by atoms with van der Waals surface area (Å²) in [6, 6.07) is 0. The summed E-state index contributed by atoms with van der Waals surface area (Å²) in [4.78, 5) is 15.9. The molecule has 1 saturated heterocycles. The molecule has 0 bridgehead atoms. The van der Waals surface area contributed by atoms with Gasteiger partial charge in [0.1, 0.15) is 5.60 Å². The maximum absolute atomic E-state index is 11.6. The van der Waals surface area contributed by atoms with Crippen LogP contribution in [0.3, 0.4) is 0 Å². The van der Waals surface area contributed by atoms with Crippen LogP contribution in [0.15, 0.2) is 16.7 Å². The molecule has 0 unspecified atom stereocenters. The maximum atomic E-state index is 11.6. The molecule has 0 aromatic heterocycles. The summed E-state index contributed by atoms with van der Waals surface area (Å²) in [5, 5.41) is 0. The van der Waals surface area contributed by atoms with Crippen LogP contribution in [-0.2, 0) is 66.2 Å². The number of hydrogen-bond donors (Lipinski definition) is 1. The van der Waals surface area contributed by atoms with Crippen molar-refractivity contribution in [3.05, 3.63) is 11.7 Å². The number of carbonyl (C=O) groups excluding carboxylic acids is 1. The number of hydrogen-bond acceptors (Lipinski definition) is 16. The van der Waals surface area contributed by atoms with Crippen LogP contribution >= 0.6 is 0 Å². The number of esters is 1. The average Bonchev–Trinajstić information content (AvgIpc) is 3.31. The van der Waals surface area contributed by atoms with Crippen LogP contribution in [0, 0.1) is 0 Å². The van der Waals surface area contributed by atoms with Gasteiger partial charge in [0.2, 0.25) is 0 Å². The Morgan fingerprint density at radius 3 is 1.17 bits per heavy atom. The molecule has 0 spiro atoms. The van der Waals surface area contributed by atoms with Gasteiger partial charge in [0, 0.05) is 11.7 Å². The van der Waals surface area contributed by atoms with Gasteiger partial charge in [-0.05, 0) is 54.7 Å². The average molecular weight is 765 g/mol. The highest BCUT2D eigenvalue weighted by molar-refractivity contribution is 6.60. The number of carbonyl (C=O) groups is 1. The Labute approximate surface area is 318 Å². The predicted molar refractivity (Wildman–Crippen MR) is 200 cm³/mol. The van der Waals surface area contributed by atoms with E-state index in [0.29, 0.717) is 144 Å². The third kappa shape index (κ3) is 27.5. The Morgan fingerprint density at radius 1 is 0.566 bits per heavy atom. The highest BCUT2D eigenvalue weighted by atomic mass is 16.7. The molecule has 0 aliphatic carbocycles. The van der Waals surface area contributed by atoms with E-state index in [4.69, 9.17) is 67.1 Å². The second-order valence-electron chi connectivity index (χ2n) is 13.8. The Hall–Kier alpha value is -1.74. The van der Waals surface area contributed by atoms with Crippen LogP contribution in [0.25, 0.3) is 0 Å². The molecule has 1 aliphatic heterocycles. The van der Waals surface area contributed by atoms with E-state index < -0.39 is 23.9 Å². The monoisotopic (exact) mass is 764 g/mol. The molecule has 0 radical (unpaired) electrons. The number of nitrogens with zero attached hydrogens (tertiary/aromatic N) is 1. The maximum Gasteiger partial charge on any atom is 0.497 e. The lowest BCUT2D eigenvalue weighted by molar-refractivity contribution is -0.156. The molecule has 16 nitrogen and oxygen atoms in total. The van der Waals surface area contributed by atoms with Crippen LogP contribution in [0.2, 0.25) is 0 Å². The summed E-state index contributed by atoms with van der Waals surface area (Å²) in [6.45, 7) is 23.3. The predicted octanol–water partition coefficient (Wildman–Crippen LogP) is 2.43. The topological polar surface area (TPSA) is 175 Å². The fraction of sp³-hybridized carbons (Fsp3) is 0.889. The van der Waals surface area contributed by atoms with Crippen LogP contribution in [-0.4, -0.2) is 175 Å². The van der Waals surface area contributed by atoms with Gasteiger partial charge < -0.3 is 67.1 Å². The van der Waals surface area contributed by atoms with Crippen LogP contribution in [0.1, 0.15) is 54.9 Å². The first-order chi connectivity index (χ1) is 25.4. The number of aliphatic imine (C=N–C) groups is 1. The van der Waals surface area contributed by atoms with Gasteiger partial charge in [-0.2, -0.15) is 0 Å². The second-order valence-corrected chi connectivity index (χ2v) is 13.8. The van der Waals surface area contributed by atoms with Crippen molar-refractivity contribution in [2.75, 3.05) is 139 Å². The van der Waals surface area contributed by atoms with Crippen molar-refractivity contribution in [3.63, 3.8) is 0 Å². The molecule has 0 atom stereocenters. The Balaban J connectivity index is 1.72. The standard InChI is InChI=1S/C36H69BN2O14/c1-34(2,3)51-33(40)8-10-41-12-14-43-16-18-45-20-22-47-24-26-49-28-29-50-27-25-48-23-21-46-19-17-44-15-13-42-11-9-39-31-32(30-38)37-52-35(4,5)36(6,7)53-37/h30-31H,8-29,38H2,1-7H3. The second kappa shape index (κ2) is 30.5. The van der Waals surface area contributed by atoms with Crippen LogP contribution in [0.5, 0.6) is 0 Å². The Bertz CT molecular complexity index is 949. The first kappa shape index (κ1) is 49.3. The summed E-state index contributed by atoms with van der Waals surface area (Å²) in [7, 11) is -0.539. The SMILES string of the molecule is CC(C)(C)OC(=O)CCOCCOCCOCCOCCOCCOCCOCCOCCOCCOCCN=CC(=CN)B1OC(C)(C)C(C)(C)O1. The van der Waals surface area contributed by atoms with Crippen LogP contribution < -0.4 is 5.73 Å². The zero-order chi connectivity index (χ0) is 39.1. The molecule has 1 heterocycles. The van der Waals surface area contributed by atoms with Gasteiger partial charge in [0.15, 0.2) is 0 Å². The molecule has 0 aromatic rings. The molecule has 1 fully saturated rings. The first-order valence-corrected chi connectivity index (χ1v) is 18.6. The highest BCUT2D eigenvalue weighted by Gasteiger charge is 2.52. The molecule has 0 aromatic carbocycles. The van der Waals surface area contributed by atoms with E-state index >= 15 is 0 Å². The van der Waals surface area contributed by atoms with E-state index in [1.165, 1.54) is 6.20 Å². The third-order valence-electron chi connectivity index (χ3n) is 7.54. The van der Waals surface area contributed by atoms with Gasteiger partial charge in [0.05, 0.1) is 156 Å². The molecule has 1 aliphatic rings. The van der Waals surface area contributed by atoms with Crippen molar-refractivity contribution in [3.8, 4) is 0 Å². The van der Waals surface area contributed by atoms with Gasteiger partial charge in [0.25, 0.3) is 0 Å². The molecular weight excluding hydrogens is 695 g/mol. The van der Waals surface area contributed by atoms with E-state index in [0.717, 1.165) is 0 Å². The quantitative estimate of drug-likeness (QED) is 0.0431. The lowest BCUT2D eigenvalue weighted by atomic mass is 9.79. The zero-order valence-electron chi connectivity index (χ0n) is 33.5. The van der Waals surface area contributed by atoms with E-state index in [1.807, 2.05) is 48.5 Å². The normalized spacial score (nSPS) is 15.9. The minimum absolute atomic E-state index is 0.228. The van der Waals surface area contributed by atoms with Gasteiger partial charge in [-0.1, -0.05) is 0 Å². The summed E-state index contributed by atoms with van der Waals surface area (Å²) >= 11 is 0. The van der Waals surface area contributed by atoms with E-state index in [2.05, 4.69) is 4.99 Å². The van der Waals surface area contributed by atoms with Gasteiger partial charge in [-0.25, -0.2) is 0 Å². The smallest absolute Gasteiger partial charge is 0.460 e. The van der Waals surface area contributed by atoms with Crippen molar-refractivity contribution in [2.24, 2.45) is 10.7 Å². The summed E-state index contributed by atoms with van der Waals surface area (Å²) in [6.07, 6.45) is 3.36. The van der Waals surface area contributed by atoms with Crippen molar-refractivity contribution in [1.29, 1.82) is 0 Å². The van der Waals surface area contributed by atoms with Crippen molar-refractivity contribution in [2.45, 2.75) is 71.7 Å². The van der Waals surface area contributed by atoms with Crippen LogP contribution in [0.4, 0.5) is 0 Å². The Morgan fingerprint density at radius 2 is 0.868 bits per heavy atom. The van der Waals surface area contributed by atoms with Gasteiger partial charge in [-0.3, -0.25) is 9.79 Å². The molecule has 310 valence electrons. The zero-order valence-corrected chi connectivity index (χ0v) is 33.5. The van der Waals surface area contributed by atoms with Gasteiger partial charge >= 0.3 is 13.1 Å². The summed E-state index contributed by atoms with van der Waals surface area (Å²) < 4.78 is 72.0. The molecule has 1 rings (SSSR count). The summed E-state index contributed by atoms with van der Waals surface area (Å²) in [5.74, 6) is -0.268. The van der Waals surface area contributed by atoms with E-state index in [9.17, 15) is 4.79 Å². The molecule has 2 N–H and O–H groups in total. The fourth-order valence-corrected chi connectivity index (χ4v) is 4.08. The van der Waals surface area contributed by atoms with E-state index in [-0.39, 0.29) is 12.4 Å². The third-order valence-corrected chi connectivity index (χ3v) is 7.54. The number of nitrogens with two attached hydrogens (primary N) is 1. The number of allylic oxidation sites excluding steroid dienone is 1. The highest BCUT2D eigenvalue weighted by Crippen LogP contribution is 2.38. The van der Waals surface area contributed by atoms with Crippen molar-refractivity contribution >= 4 is 19.3 Å². The number of rotatable bonds is 35. The minimum Gasteiger partial charge on any atom is -0.460 e. The van der Waals surface area contributed by atoms with E-state index in [1.54, 1.807) is 6.21 Å². The lowest BCUT2D eigenvalue weighted by Gasteiger charge is -2.32. The largest absolute Gasteiger partial charge is 0.497 e.